The van der Waals surface area contributed by atoms with Crippen LogP contribution in [0.1, 0.15) is 53.5 Å². The zero-order chi connectivity index (χ0) is 17.3. The summed E-state index contributed by atoms with van der Waals surface area (Å²) in [5.41, 5.74) is 2.38. The quantitative estimate of drug-likeness (QED) is 0.320. The average molecular weight is 329 g/mol. The van der Waals surface area contributed by atoms with Crippen LogP contribution in [0, 0.1) is 17.8 Å². The fourth-order valence-corrected chi connectivity index (χ4v) is 5.62. The van der Waals surface area contributed by atoms with Crippen LogP contribution in [-0.4, -0.2) is 8.32 Å². The maximum atomic E-state index is 6.66. The Balaban J connectivity index is 2.83. The predicted molar refractivity (Wildman–Crippen MR) is 104 cm³/mol. The van der Waals surface area contributed by atoms with E-state index in [1.54, 1.807) is 0 Å². The second-order valence-electron chi connectivity index (χ2n) is 6.48. The van der Waals surface area contributed by atoms with Gasteiger partial charge in [0.1, 0.15) is 0 Å². The highest BCUT2D eigenvalue weighted by atomic mass is 28.4. The van der Waals surface area contributed by atoms with Gasteiger partial charge in [0.25, 0.3) is 0 Å². The van der Waals surface area contributed by atoms with Gasteiger partial charge in [0.05, 0.1) is 5.76 Å². The number of hydrogen-bond acceptors (Lipinski definition) is 1. The maximum absolute atomic E-state index is 6.66. The SMILES string of the molecule is CC[Si](CC)(CC)OC(=C(C)C)C(C)CC#Cc1ccccc1. The molecular formula is C21H32OSi. The molecule has 126 valence electrons. The normalized spacial score (nSPS) is 12.1. The van der Waals surface area contributed by atoms with Crippen LogP contribution in [0.2, 0.25) is 18.1 Å². The Morgan fingerprint density at radius 1 is 1.04 bits per heavy atom. The molecule has 0 aliphatic heterocycles. The molecule has 0 amide bonds. The second-order valence-corrected chi connectivity index (χ2v) is 11.2. The summed E-state index contributed by atoms with van der Waals surface area (Å²) in [5.74, 6) is 8.12. The van der Waals surface area contributed by atoms with Gasteiger partial charge in [0.2, 0.25) is 8.32 Å². The second kappa shape index (κ2) is 9.63. The summed E-state index contributed by atoms with van der Waals surface area (Å²) in [7, 11) is -1.62. The van der Waals surface area contributed by atoms with Gasteiger partial charge in [-0.2, -0.15) is 0 Å². The Labute approximate surface area is 144 Å². The molecule has 1 aromatic rings. The number of hydrogen-bond donors (Lipinski definition) is 0. The lowest BCUT2D eigenvalue weighted by molar-refractivity contribution is 0.337. The monoisotopic (exact) mass is 328 g/mol. The van der Waals surface area contributed by atoms with Gasteiger partial charge in [0, 0.05) is 17.9 Å². The van der Waals surface area contributed by atoms with Gasteiger partial charge >= 0.3 is 0 Å². The van der Waals surface area contributed by atoms with E-state index >= 15 is 0 Å². The Bertz CT molecular complexity index is 546. The van der Waals surface area contributed by atoms with Gasteiger partial charge in [-0.25, -0.2) is 0 Å². The van der Waals surface area contributed by atoms with Gasteiger partial charge in [-0.15, -0.1) is 0 Å². The van der Waals surface area contributed by atoms with Gasteiger partial charge in [-0.1, -0.05) is 57.7 Å². The zero-order valence-corrected chi connectivity index (χ0v) is 16.7. The minimum absolute atomic E-state index is 0.354. The van der Waals surface area contributed by atoms with E-state index in [0.717, 1.165) is 12.0 Å². The van der Waals surface area contributed by atoms with E-state index in [4.69, 9.17) is 4.43 Å². The molecule has 1 atom stereocenters. The van der Waals surface area contributed by atoms with Gasteiger partial charge in [0.15, 0.2) is 0 Å². The summed E-state index contributed by atoms with van der Waals surface area (Å²) in [4.78, 5) is 0. The zero-order valence-electron chi connectivity index (χ0n) is 15.7. The van der Waals surface area contributed by atoms with Crippen molar-refractivity contribution in [2.45, 2.75) is 66.1 Å². The number of allylic oxidation sites excluding steroid dienone is 2. The fourth-order valence-electron chi connectivity index (χ4n) is 2.82. The van der Waals surface area contributed by atoms with Crippen molar-refractivity contribution in [2.24, 2.45) is 5.92 Å². The smallest absolute Gasteiger partial charge is 0.250 e. The van der Waals surface area contributed by atoms with Crippen LogP contribution in [0.4, 0.5) is 0 Å². The third-order valence-electron chi connectivity index (χ3n) is 4.61. The lowest BCUT2D eigenvalue weighted by Crippen LogP contribution is -2.36. The molecule has 0 aromatic heterocycles. The first-order valence-electron chi connectivity index (χ1n) is 8.88. The van der Waals surface area contributed by atoms with Crippen molar-refractivity contribution in [3.63, 3.8) is 0 Å². The van der Waals surface area contributed by atoms with E-state index in [1.807, 2.05) is 18.2 Å². The highest BCUT2D eigenvalue weighted by Crippen LogP contribution is 2.30. The minimum atomic E-state index is -1.62. The molecule has 23 heavy (non-hydrogen) atoms. The molecule has 0 radical (unpaired) electrons. The molecule has 1 unspecified atom stereocenters. The summed E-state index contributed by atoms with van der Waals surface area (Å²) in [6.07, 6.45) is 0.844. The van der Waals surface area contributed by atoms with Crippen molar-refractivity contribution >= 4 is 8.32 Å². The molecule has 1 rings (SSSR count). The average Bonchev–Trinajstić information content (AvgIpc) is 2.57. The molecule has 0 bridgehead atoms. The number of benzene rings is 1. The summed E-state index contributed by atoms with van der Waals surface area (Å²) in [5, 5.41) is 0. The predicted octanol–water partition coefficient (Wildman–Crippen LogP) is 6.38. The molecule has 0 heterocycles. The van der Waals surface area contributed by atoms with E-state index in [0.29, 0.717) is 5.92 Å². The molecule has 0 spiro atoms. The maximum Gasteiger partial charge on any atom is 0.250 e. The van der Waals surface area contributed by atoms with Crippen LogP contribution in [0.5, 0.6) is 0 Å². The Hall–Kier alpha value is -1.46. The van der Waals surface area contributed by atoms with E-state index in [2.05, 4.69) is 65.5 Å². The molecular weight excluding hydrogens is 296 g/mol. The van der Waals surface area contributed by atoms with Crippen LogP contribution < -0.4 is 0 Å². The third kappa shape index (κ3) is 5.92. The standard InChI is InChI=1S/C21H32OSi/c1-7-23(8-2,9-3)22-21(18(4)5)19(6)14-13-17-20-15-11-10-12-16-20/h10-12,15-16,19H,7-9,14H2,1-6H3. The molecule has 0 saturated carbocycles. The Kier molecular flexibility index (Phi) is 8.20. The van der Waals surface area contributed by atoms with Crippen molar-refractivity contribution in [1.29, 1.82) is 0 Å². The Morgan fingerprint density at radius 3 is 2.09 bits per heavy atom. The van der Waals surface area contributed by atoms with E-state index < -0.39 is 8.32 Å². The van der Waals surface area contributed by atoms with Crippen molar-refractivity contribution in [1.82, 2.24) is 0 Å². The first-order valence-corrected chi connectivity index (χ1v) is 11.4. The fraction of sp³-hybridized carbons (Fsp3) is 0.524. The van der Waals surface area contributed by atoms with Crippen molar-refractivity contribution < 1.29 is 4.43 Å². The number of rotatable bonds is 7. The third-order valence-corrected chi connectivity index (χ3v) is 9.13. The molecule has 0 saturated heterocycles. The van der Waals surface area contributed by atoms with Gasteiger partial charge < -0.3 is 4.43 Å². The van der Waals surface area contributed by atoms with E-state index in [1.165, 1.54) is 29.5 Å². The van der Waals surface area contributed by atoms with E-state index in [9.17, 15) is 0 Å². The molecule has 2 heteroatoms. The van der Waals surface area contributed by atoms with Crippen LogP contribution >= 0.6 is 0 Å². The first kappa shape index (κ1) is 19.6. The summed E-state index contributed by atoms with van der Waals surface area (Å²) in [6.45, 7) is 13.4. The summed E-state index contributed by atoms with van der Waals surface area (Å²) >= 11 is 0. The van der Waals surface area contributed by atoms with Crippen molar-refractivity contribution in [3.05, 3.63) is 47.2 Å². The van der Waals surface area contributed by atoms with Gasteiger partial charge in [-0.3, -0.25) is 0 Å². The molecule has 0 aliphatic carbocycles. The molecule has 0 N–H and O–H groups in total. The molecule has 0 fully saturated rings. The van der Waals surface area contributed by atoms with Crippen LogP contribution in [0.25, 0.3) is 0 Å². The summed E-state index contributed by atoms with van der Waals surface area (Å²) in [6, 6.07) is 13.7. The lowest BCUT2D eigenvalue weighted by Gasteiger charge is -2.33. The molecule has 0 aliphatic rings. The van der Waals surface area contributed by atoms with Crippen LogP contribution in [-0.2, 0) is 4.43 Å². The Morgan fingerprint density at radius 2 is 1.61 bits per heavy atom. The van der Waals surface area contributed by atoms with Crippen molar-refractivity contribution in [3.8, 4) is 11.8 Å². The van der Waals surface area contributed by atoms with Gasteiger partial charge in [-0.05, 0) is 49.7 Å². The summed E-state index contributed by atoms with van der Waals surface area (Å²) < 4.78 is 6.66. The molecule has 1 aromatic carbocycles. The molecule has 1 nitrogen and oxygen atoms in total. The minimum Gasteiger partial charge on any atom is -0.546 e. The topological polar surface area (TPSA) is 9.23 Å². The van der Waals surface area contributed by atoms with Crippen LogP contribution in [0.3, 0.4) is 0 Å². The highest BCUT2D eigenvalue weighted by Gasteiger charge is 2.32. The lowest BCUT2D eigenvalue weighted by atomic mass is 10.0. The van der Waals surface area contributed by atoms with Crippen molar-refractivity contribution in [2.75, 3.05) is 0 Å². The largest absolute Gasteiger partial charge is 0.546 e. The van der Waals surface area contributed by atoms with Crippen LogP contribution in [0.15, 0.2) is 41.7 Å². The highest BCUT2D eigenvalue weighted by molar-refractivity contribution is 6.73. The van der Waals surface area contributed by atoms with E-state index in [-0.39, 0.29) is 0 Å². The first-order chi connectivity index (χ1) is 11.0.